The maximum absolute atomic E-state index is 11.0. The lowest BCUT2D eigenvalue weighted by atomic mass is 10.0. The third-order valence-electron chi connectivity index (χ3n) is 3.06. The molecule has 0 bridgehead atoms. The van der Waals surface area contributed by atoms with Gasteiger partial charge in [-0.25, -0.2) is 8.42 Å². The average Bonchev–Trinajstić information content (AvgIpc) is 2.37. The maximum Gasteiger partial charge on any atom is 0.147 e. The summed E-state index contributed by atoms with van der Waals surface area (Å²) in [7, 11) is -2.84. The lowest BCUT2D eigenvalue weighted by molar-refractivity contribution is 0.594. The molecule has 0 spiro atoms. The standard InChI is InChI=1S/C15H19NO2S/c1-19(17,18)11-5-10-16-12-14-8-4-7-13-6-2-3-9-15(13)14/h2-4,6-9,16H,5,10-12H2,1H3. The van der Waals surface area contributed by atoms with Gasteiger partial charge in [-0.15, -0.1) is 0 Å². The summed E-state index contributed by atoms with van der Waals surface area (Å²) in [6.07, 6.45) is 1.93. The molecule has 0 radical (unpaired) electrons. The van der Waals surface area contributed by atoms with Crippen molar-refractivity contribution in [2.45, 2.75) is 13.0 Å². The van der Waals surface area contributed by atoms with Crippen LogP contribution < -0.4 is 5.32 Å². The van der Waals surface area contributed by atoms with Crippen LogP contribution in [-0.2, 0) is 16.4 Å². The molecule has 102 valence electrons. The van der Waals surface area contributed by atoms with E-state index in [1.807, 2.05) is 12.1 Å². The fourth-order valence-corrected chi connectivity index (χ4v) is 2.80. The van der Waals surface area contributed by atoms with E-state index in [-0.39, 0.29) is 5.75 Å². The third-order valence-corrected chi connectivity index (χ3v) is 4.09. The van der Waals surface area contributed by atoms with Crippen LogP contribution in [0.25, 0.3) is 10.8 Å². The van der Waals surface area contributed by atoms with E-state index in [0.717, 1.165) is 13.1 Å². The zero-order valence-electron chi connectivity index (χ0n) is 11.1. The summed E-state index contributed by atoms with van der Waals surface area (Å²) in [6, 6.07) is 14.5. The van der Waals surface area contributed by atoms with Crippen LogP contribution in [0.15, 0.2) is 42.5 Å². The molecule has 0 saturated heterocycles. The monoisotopic (exact) mass is 277 g/mol. The Hall–Kier alpha value is -1.39. The van der Waals surface area contributed by atoms with Crippen molar-refractivity contribution in [2.75, 3.05) is 18.6 Å². The molecular formula is C15H19NO2S. The first kappa shape index (κ1) is 14.0. The average molecular weight is 277 g/mol. The van der Waals surface area contributed by atoms with Crippen molar-refractivity contribution in [3.63, 3.8) is 0 Å². The Balaban J connectivity index is 1.92. The molecule has 0 saturated carbocycles. The van der Waals surface area contributed by atoms with Gasteiger partial charge in [-0.2, -0.15) is 0 Å². The van der Waals surface area contributed by atoms with Gasteiger partial charge >= 0.3 is 0 Å². The van der Waals surface area contributed by atoms with Crippen LogP contribution in [0.1, 0.15) is 12.0 Å². The lowest BCUT2D eigenvalue weighted by Gasteiger charge is -2.08. The minimum absolute atomic E-state index is 0.246. The lowest BCUT2D eigenvalue weighted by Crippen LogP contribution is -2.18. The quantitative estimate of drug-likeness (QED) is 0.825. The molecule has 4 heteroatoms. The molecule has 3 nitrogen and oxygen atoms in total. The van der Waals surface area contributed by atoms with E-state index in [4.69, 9.17) is 0 Å². The zero-order chi connectivity index (χ0) is 13.7. The molecule has 0 amide bonds. The summed E-state index contributed by atoms with van der Waals surface area (Å²) in [5.74, 6) is 0.246. The molecule has 2 aromatic carbocycles. The topological polar surface area (TPSA) is 46.2 Å². The van der Waals surface area contributed by atoms with Crippen molar-refractivity contribution in [3.8, 4) is 0 Å². The second-order valence-electron chi connectivity index (χ2n) is 4.80. The molecule has 19 heavy (non-hydrogen) atoms. The smallest absolute Gasteiger partial charge is 0.147 e. The zero-order valence-corrected chi connectivity index (χ0v) is 11.9. The minimum Gasteiger partial charge on any atom is -0.313 e. The van der Waals surface area contributed by atoms with Gasteiger partial charge in [-0.3, -0.25) is 0 Å². The first-order chi connectivity index (χ1) is 9.06. The molecule has 2 aromatic rings. The van der Waals surface area contributed by atoms with E-state index >= 15 is 0 Å². The molecule has 0 unspecified atom stereocenters. The van der Waals surface area contributed by atoms with E-state index in [0.29, 0.717) is 6.42 Å². The van der Waals surface area contributed by atoms with E-state index in [1.165, 1.54) is 22.6 Å². The number of nitrogens with one attached hydrogen (secondary N) is 1. The van der Waals surface area contributed by atoms with E-state index in [2.05, 4.69) is 35.6 Å². The number of rotatable bonds is 6. The Morgan fingerprint density at radius 1 is 1.05 bits per heavy atom. The van der Waals surface area contributed by atoms with E-state index in [1.54, 1.807) is 0 Å². The number of sulfone groups is 1. The van der Waals surface area contributed by atoms with Crippen LogP contribution in [0.2, 0.25) is 0 Å². The highest BCUT2D eigenvalue weighted by molar-refractivity contribution is 7.90. The van der Waals surface area contributed by atoms with Gasteiger partial charge in [0.25, 0.3) is 0 Å². The van der Waals surface area contributed by atoms with Crippen LogP contribution in [0, 0.1) is 0 Å². The number of hydrogen-bond donors (Lipinski definition) is 1. The first-order valence-corrected chi connectivity index (χ1v) is 8.47. The van der Waals surface area contributed by atoms with Gasteiger partial charge in [-0.05, 0) is 29.3 Å². The molecule has 0 heterocycles. The van der Waals surface area contributed by atoms with Gasteiger partial charge in [0.15, 0.2) is 0 Å². The molecule has 0 fully saturated rings. The summed E-state index contributed by atoms with van der Waals surface area (Å²) < 4.78 is 22.0. The van der Waals surface area contributed by atoms with Crippen LogP contribution in [0.3, 0.4) is 0 Å². The van der Waals surface area contributed by atoms with Crippen molar-refractivity contribution in [1.29, 1.82) is 0 Å². The Kier molecular flexibility index (Phi) is 4.56. The molecular weight excluding hydrogens is 258 g/mol. The molecule has 0 aliphatic heterocycles. The van der Waals surface area contributed by atoms with Crippen molar-refractivity contribution in [3.05, 3.63) is 48.0 Å². The molecule has 0 atom stereocenters. The highest BCUT2D eigenvalue weighted by Crippen LogP contribution is 2.18. The van der Waals surface area contributed by atoms with Gasteiger partial charge < -0.3 is 5.32 Å². The Labute approximate surface area is 114 Å². The summed E-state index contributed by atoms with van der Waals surface area (Å²) >= 11 is 0. The van der Waals surface area contributed by atoms with Crippen LogP contribution >= 0.6 is 0 Å². The molecule has 0 aromatic heterocycles. The van der Waals surface area contributed by atoms with Gasteiger partial charge in [0.1, 0.15) is 9.84 Å². The highest BCUT2D eigenvalue weighted by Gasteiger charge is 2.02. The fraction of sp³-hybridized carbons (Fsp3) is 0.333. The first-order valence-electron chi connectivity index (χ1n) is 6.41. The molecule has 0 aliphatic rings. The largest absolute Gasteiger partial charge is 0.313 e. The fourth-order valence-electron chi connectivity index (χ4n) is 2.13. The predicted octanol–water partition coefficient (Wildman–Crippen LogP) is 2.36. The van der Waals surface area contributed by atoms with Gasteiger partial charge in [0.05, 0.1) is 5.75 Å². The second-order valence-corrected chi connectivity index (χ2v) is 7.06. The van der Waals surface area contributed by atoms with Gasteiger partial charge in [0, 0.05) is 12.8 Å². The van der Waals surface area contributed by atoms with Crippen molar-refractivity contribution < 1.29 is 8.42 Å². The van der Waals surface area contributed by atoms with Crippen molar-refractivity contribution in [2.24, 2.45) is 0 Å². The number of benzene rings is 2. The van der Waals surface area contributed by atoms with Crippen LogP contribution in [0.4, 0.5) is 0 Å². The number of hydrogen-bond acceptors (Lipinski definition) is 3. The Morgan fingerprint density at radius 2 is 1.79 bits per heavy atom. The normalized spacial score (nSPS) is 11.8. The van der Waals surface area contributed by atoms with E-state index < -0.39 is 9.84 Å². The third kappa shape index (κ3) is 4.33. The summed E-state index contributed by atoms with van der Waals surface area (Å²) in [6.45, 7) is 1.49. The van der Waals surface area contributed by atoms with Crippen LogP contribution in [-0.4, -0.2) is 27.0 Å². The summed E-state index contributed by atoms with van der Waals surface area (Å²) in [5, 5.41) is 5.79. The Morgan fingerprint density at radius 3 is 2.58 bits per heavy atom. The summed E-state index contributed by atoms with van der Waals surface area (Å²) in [5.41, 5.74) is 1.25. The van der Waals surface area contributed by atoms with Gasteiger partial charge in [-0.1, -0.05) is 42.5 Å². The van der Waals surface area contributed by atoms with Crippen molar-refractivity contribution in [1.82, 2.24) is 5.32 Å². The maximum atomic E-state index is 11.0. The molecule has 2 rings (SSSR count). The predicted molar refractivity (Wildman–Crippen MR) is 80.0 cm³/mol. The van der Waals surface area contributed by atoms with Crippen LogP contribution in [0.5, 0.6) is 0 Å². The summed E-state index contributed by atoms with van der Waals surface area (Å²) in [4.78, 5) is 0. The van der Waals surface area contributed by atoms with Crippen molar-refractivity contribution >= 4 is 20.6 Å². The Bertz CT molecular complexity index is 645. The SMILES string of the molecule is CS(=O)(=O)CCCNCc1cccc2ccccc12. The molecule has 1 N–H and O–H groups in total. The minimum atomic E-state index is -2.84. The second kappa shape index (κ2) is 6.17. The number of fused-ring (bicyclic) bond motifs is 1. The molecule has 0 aliphatic carbocycles. The van der Waals surface area contributed by atoms with E-state index in [9.17, 15) is 8.42 Å². The van der Waals surface area contributed by atoms with Gasteiger partial charge in [0.2, 0.25) is 0 Å². The highest BCUT2D eigenvalue weighted by atomic mass is 32.2.